The molecule has 4 aliphatic rings. The smallest absolute Gasteiger partial charge is 0.335 e. The van der Waals surface area contributed by atoms with Crippen molar-refractivity contribution in [1.29, 1.82) is 0 Å². The number of nitrogens with one attached hydrogen (secondary N) is 1. The Hall–Kier alpha value is -3.66. The van der Waals surface area contributed by atoms with E-state index in [0.29, 0.717) is 24.8 Å². The normalized spacial score (nSPS) is 33.0. The molecule has 1 aromatic carbocycles. The molecule has 6 atom stereocenters. The van der Waals surface area contributed by atoms with E-state index in [1.807, 2.05) is 6.92 Å². The van der Waals surface area contributed by atoms with Crippen LogP contribution in [-0.2, 0) is 35.3 Å². The number of amides is 1. The molecule has 0 bridgehead atoms. The van der Waals surface area contributed by atoms with Gasteiger partial charge in [0.1, 0.15) is 11.4 Å². The zero-order valence-corrected chi connectivity index (χ0v) is 24.6. The molecule has 0 radical (unpaired) electrons. The summed E-state index contributed by atoms with van der Waals surface area (Å²) < 4.78 is 5.18. The van der Waals surface area contributed by atoms with Crippen molar-refractivity contribution >= 4 is 35.2 Å². The van der Waals surface area contributed by atoms with Gasteiger partial charge in [0.2, 0.25) is 11.7 Å². The fourth-order valence-electron chi connectivity index (χ4n) is 8.45. The van der Waals surface area contributed by atoms with Gasteiger partial charge in [0.05, 0.1) is 12.0 Å². The number of carbonyl (C=O) groups is 6. The molecule has 3 saturated carbocycles. The minimum absolute atomic E-state index is 0.0135. The zero-order chi connectivity index (χ0) is 31.2. The number of esters is 1. The first-order valence-electron chi connectivity index (χ1n) is 15.1. The summed E-state index contributed by atoms with van der Waals surface area (Å²) in [4.78, 5) is 74.7. The molecular formula is C33H39NO9. The Bertz CT molecular complexity index is 1400. The van der Waals surface area contributed by atoms with Gasteiger partial charge in [-0.05, 0) is 73.1 Å². The molecule has 0 saturated heterocycles. The first-order valence-corrected chi connectivity index (χ1v) is 15.1. The predicted molar refractivity (Wildman–Crippen MR) is 152 cm³/mol. The maximum Gasteiger partial charge on any atom is 0.335 e. The van der Waals surface area contributed by atoms with Gasteiger partial charge in [0.25, 0.3) is 0 Å². The number of aromatic carboxylic acids is 1. The topological polar surface area (TPSA) is 164 Å². The van der Waals surface area contributed by atoms with Crippen LogP contribution in [0, 0.1) is 28.6 Å². The van der Waals surface area contributed by atoms with E-state index in [9.17, 15) is 33.9 Å². The highest BCUT2D eigenvalue weighted by Gasteiger charge is 2.68. The first kappa shape index (κ1) is 30.8. The second-order valence-electron chi connectivity index (χ2n) is 13.2. The van der Waals surface area contributed by atoms with Gasteiger partial charge < -0.3 is 20.3 Å². The van der Waals surface area contributed by atoms with Crippen molar-refractivity contribution < 1.29 is 43.7 Å². The number of fused-ring (bicyclic) bond motifs is 5. The van der Waals surface area contributed by atoms with E-state index in [0.717, 1.165) is 18.4 Å². The molecular weight excluding hydrogens is 554 g/mol. The van der Waals surface area contributed by atoms with E-state index in [4.69, 9.17) is 9.84 Å². The van der Waals surface area contributed by atoms with Crippen LogP contribution in [0.15, 0.2) is 35.9 Å². The number of benzene rings is 1. The quantitative estimate of drug-likeness (QED) is 0.364. The van der Waals surface area contributed by atoms with Crippen LogP contribution in [0.25, 0.3) is 0 Å². The molecule has 1 amide bonds. The highest BCUT2D eigenvalue weighted by molar-refractivity contribution is 5.95. The van der Waals surface area contributed by atoms with Crippen LogP contribution < -0.4 is 5.32 Å². The maximum atomic E-state index is 13.7. The number of carbonyl (C=O) groups excluding carboxylic acids is 5. The molecule has 0 unspecified atom stereocenters. The Morgan fingerprint density at radius 2 is 1.72 bits per heavy atom. The second-order valence-corrected chi connectivity index (χ2v) is 13.2. The lowest BCUT2D eigenvalue weighted by molar-refractivity contribution is -0.173. The van der Waals surface area contributed by atoms with E-state index in [1.165, 1.54) is 12.1 Å². The number of hydrogen-bond acceptors (Lipinski definition) is 8. The summed E-state index contributed by atoms with van der Waals surface area (Å²) >= 11 is 0. The first-order chi connectivity index (χ1) is 20.3. The average Bonchev–Trinajstić information content (AvgIpc) is 3.24. The van der Waals surface area contributed by atoms with Crippen molar-refractivity contribution in [3.8, 4) is 0 Å². The third-order valence-corrected chi connectivity index (χ3v) is 10.9. The Labute approximate surface area is 250 Å². The number of allylic oxidation sites excluding steroid dienone is 1. The van der Waals surface area contributed by atoms with Crippen LogP contribution in [0.2, 0.25) is 0 Å². The van der Waals surface area contributed by atoms with Crippen molar-refractivity contribution in [1.82, 2.24) is 5.32 Å². The zero-order valence-electron chi connectivity index (χ0n) is 24.6. The van der Waals surface area contributed by atoms with Crippen LogP contribution in [0.5, 0.6) is 0 Å². The molecule has 0 heterocycles. The number of carboxylic acid groups (broad SMARTS) is 1. The lowest BCUT2D eigenvalue weighted by atomic mass is 9.46. The summed E-state index contributed by atoms with van der Waals surface area (Å²) in [6, 6.07) is 6.04. The molecule has 10 nitrogen and oxygen atoms in total. The Morgan fingerprint density at radius 3 is 2.42 bits per heavy atom. The maximum absolute atomic E-state index is 13.7. The fourth-order valence-corrected chi connectivity index (χ4v) is 8.45. The monoisotopic (exact) mass is 593 g/mol. The van der Waals surface area contributed by atoms with Crippen LogP contribution in [-0.4, -0.2) is 57.6 Å². The Kier molecular flexibility index (Phi) is 8.19. The Morgan fingerprint density at radius 1 is 1.00 bits per heavy atom. The molecule has 4 aliphatic carbocycles. The largest absolute Gasteiger partial charge is 0.478 e. The molecule has 0 aliphatic heterocycles. The van der Waals surface area contributed by atoms with Gasteiger partial charge in [-0.15, -0.1) is 0 Å². The van der Waals surface area contributed by atoms with E-state index in [-0.39, 0.29) is 72.5 Å². The standard InChI is InChI=1S/C33H39NO9/c1-31-13-11-22(35)15-21(31)7-8-23-24-12-14-33(42,32(24,2)16-25(36)29(23)31)26(37)18-43-28(39)10-9-27(38)34-17-19-3-5-20(6-4-19)30(40)41/h3-6,15,23-24,29,42H,7-14,16-18H2,1-2H3,(H,34,38)(H,40,41)/t23-,24+,29-,31+,32-,33+/m1/s1. The summed E-state index contributed by atoms with van der Waals surface area (Å²) in [6.45, 7) is 3.43. The number of hydrogen-bond donors (Lipinski definition) is 3. The number of carboxylic acids is 1. The molecule has 230 valence electrons. The molecule has 5 rings (SSSR count). The van der Waals surface area contributed by atoms with Crippen molar-refractivity contribution in [2.75, 3.05) is 6.61 Å². The summed E-state index contributed by atoms with van der Waals surface area (Å²) in [6.07, 6.45) is 4.69. The lowest BCUT2D eigenvalue weighted by Crippen LogP contribution is -2.61. The SMILES string of the molecule is C[C@]12CCC(=O)C=C1CC[C@H]1[C@@H]2C(=O)C[C@]2(C)[C@H]1CC[C@]2(O)C(=O)COC(=O)CCC(=O)NCc1ccc(C(=O)O)cc1. The Balaban J connectivity index is 1.14. The van der Waals surface area contributed by atoms with E-state index < -0.39 is 41.3 Å². The van der Waals surface area contributed by atoms with Crippen LogP contribution in [0.1, 0.15) is 87.6 Å². The molecule has 0 aromatic heterocycles. The molecule has 43 heavy (non-hydrogen) atoms. The number of ether oxygens (including phenoxy) is 1. The summed E-state index contributed by atoms with van der Waals surface area (Å²) in [5.74, 6) is -2.95. The molecule has 1 aromatic rings. The van der Waals surface area contributed by atoms with E-state index in [2.05, 4.69) is 12.2 Å². The summed E-state index contributed by atoms with van der Waals surface area (Å²) in [5, 5.41) is 23.4. The lowest BCUT2D eigenvalue weighted by Gasteiger charge is -2.57. The van der Waals surface area contributed by atoms with Crippen molar-refractivity contribution in [3.63, 3.8) is 0 Å². The minimum Gasteiger partial charge on any atom is -0.478 e. The highest BCUT2D eigenvalue weighted by atomic mass is 16.5. The van der Waals surface area contributed by atoms with Crippen LogP contribution in [0.3, 0.4) is 0 Å². The third-order valence-electron chi connectivity index (χ3n) is 10.9. The van der Waals surface area contributed by atoms with Gasteiger partial charge in [-0.2, -0.15) is 0 Å². The van der Waals surface area contributed by atoms with Gasteiger partial charge >= 0.3 is 11.9 Å². The number of Topliss-reactive ketones (excluding diaryl/α,β-unsaturated/α-hetero) is 2. The third kappa shape index (κ3) is 5.46. The highest BCUT2D eigenvalue weighted by Crippen LogP contribution is 2.66. The van der Waals surface area contributed by atoms with Gasteiger partial charge in [-0.25, -0.2) is 4.79 Å². The number of ketones is 3. The van der Waals surface area contributed by atoms with Crippen LogP contribution in [0.4, 0.5) is 0 Å². The average molecular weight is 594 g/mol. The fraction of sp³-hybridized carbons (Fsp3) is 0.576. The predicted octanol–water partition coefficient (Wildman–Crippen LogP) is 3.34. The molecule has 10 heteroatoms. The second kappa shape index (κ2) is 11.4. The van der Waals surface area contributed by atoms with Crippen LogP contribution >= 0.6 is 0 Å². The number of rotatable bonds is 9. The van der Waals surface area contributed by atoms with Gasteiger partial charge in [0.15, 0.2) is 12.4 Å². The van der Waals surface area contributed by atoms with Gasteiger partial charge in [0, 0.05) is 37.1 Å². The van der Waals surface area contributed by atoms with Crippen molar-refractivity contribution in [2.45, 2.75) is 83.8 Å². The number of aliphatic hydroxyl groups is 1. The minimum atomic E-state index is -1.80. The van der Waals surface area contributed by atoms with Gasteiger partial charge in [-0.3, -0.25) is 24.0 Å². The summed E-state index contributed by atoms with van der Waals surface area (Å²) in [5.41, 5.74) is -1.25. The van der Waals surface area contributed by atoms with Gasteiger partial charge in [-0.1, -0.05) is 31.6 Å². The van der Waals surface area contributed by atoms with Crippen molar-refractivity contribution in [3.05, 3.63) is 47.0 Å². The molecule has 0 spiro atoms. The van der Waals surface area contributed by atoms with E-state index >= 15 is 0 Å². The summed E-state index contributed by atoms with van der Waals surface area (Å²) in [7, 11) is 0. The molecule has 3 N–H and O–H groups in total. The molecule has 3 fully saturated rings. The van der Waals surface area contributed by atoms with E-state index in [1.54, 1.807) is 18.2 Å². The van der Waals surface area contributed by atoms with Crippen molar-refractivity contribution in [2.24, 2.45) is 28.6 Å².